The summed E-state index contributed by atoms with van der Waals surface area (Å²) in [7, 11) is 1.82. The summed E-state index contributed by atoms with van der Waals surface area (Å²) in [5.74, 6) is 0. The lowest BCUT2D eigenvalue weighted by atomic mass is 10.0. The van der Waals surface area contributed by atoms with Gasteiger partial charge in [-0.05, 0) is 43.7 Å². The lowest BCUT2D eigenvalue weighted by Crippen LogP contribution is -2.38. The highest BCUT2D eigenvalue weighted by Gasteiger charge is 2.19. The number of likely N-dealkylation sites (tertiary alicyclic amines) is 1. The van der Waals surface area contributed by atoms with E-state index in [1.54, 1.807) is 11.9 Å². The minimum atomic E-state index is 0.395. The Morgan fingerprint density at radius 3 is 2.80 bits per heavy atom. The van der Waals surface area contributed by atoms with E-state index in [4.69, 9.17) is 4.74 Å². The maximum Gasteiger partial charge on any atom is 0.0698 e. The van der Waals surface area contributed by atoms with Crippen molar-refractivity contribution >= 4 is 11.9 Å². The molecule has 0 aromatic heterocycles. The number of hydrogen-bond donors (Lipinski definition) is 1. The largest absolute Gasteiger partial charge is 0.380 e. The Labute approximate surface area is 127 Å². The zero-order valence-electron chi connectivity index (χ0n) is 12.8. The number of rotatable bonds is 6. The number of methoxy groups -OCH3 is 1. The molecule has 112 valence electrons. The van der Waals surface area contributed by atoms with Crippen molar-refractivity contribution < 1.29 is 4.74 Å². The van der Waals surface area contributed by atoms with Gasteiger partial charge in [-0.15, -0.1) is 0 Å². The molecule has 0 saturated carbocycles. The molecule has 1 saturated heterocycles. The van der Waals surface area contributed by atoms with E-state index in [-0.39, 0.29) is 0 Å². The molecule has 1 aliphatic rings. The first kappa shape index (κ1) is 15.8. The van der Waals surface area contributed by atoms with Crippen molar-refractivity contribution in [2.24, 2.45) is 0 Å². The maximum atomic E-state index is 5.48. The molecule has 4 heteroatoms. The van der Waals surface area contributed by atoms with Crippen LogP contribution in [0.15, 0.2) is 24.3 Å². The van der Waals surface area contributed by atoms with Crippen molar-refractivity contribution in [3.05, 3.63) is 35.4 Å². The average molecular weight is 294 g/mol. The van der Waals surface area contributed by atoms with E-state index < -0.39 is 0 Å². The van der Waals surface area contributed by atoms with Crippen LogP contribution in [0.1, 0.15) is 36.9 Å². The van der Waals surface area contributed by atoms with Crippen LogP contribution in [0.5, 0.6) is 0 Å². The summed E-state index contributed by atoms with van der Waals surface area (Å²) >= 11 is 1.67. The van der Waals surface area contributed by atoms with Gasteiger partial charge in [0.05, 0.1) is 6.10 Å². The molecule has 0 spiro atoms. The molecule has 1 aromatic rings. The second kappa shape index (κ2) is 8.03. The molecule has 2 unspecified atom stereocenters. The first-order chi connectivity index (χ1) is 9.72. The topological polar surface area (TPSA) is 24.5 Å². The van der Waals surface area contributed by atoms with E-state index in [1.807, 2.05) is 7.11 Å². The fourth-order valence-electron chi connectivity index (χ4n) is 2.76. The second-order valence-electron chi connectivity index (χ2n) is 5.52. The number of piperidine rings is 1. The third kappa shape index (κ3) is 4.48. The van der Waals surface area contributed by atoms with E-state index >= 15 is 0 Å². The Morgan fingerprint density at radius 2 is 2.15 bits per heavy atom. The van der Waals surface area contributed by atoms with Crippen LogP contribution in [0.2, 0.25) is 0 Å². The van der Waals surface area contributed by atoms with E-state index in [0.29, 0.717) is 12.1 Å². The van der Waals surface area contributed by atoms with Crippen molar-refractivity contribution in [2.75, 3.05) is 26.5 Å². The lowest BCUT2D eigenvalue weighted by molar-refractivity contribution is 0.0285. The van der Waals surface area contributed by atoms with E-state index in [9.17, 15) is 0 Å². The summed E-state index contributed by atoms with van der Waals surface area (Å²) in [6.07, 6.45) is 4.91. The SMILES string of the molecule is COC1CCCN(Cc2ccc(C(C)NSC)cc2)C1. The van der Waals surface area contributed by atoms with Gasteiger partial charge in [0.2, 0.25) is 0 Å². The standard InChI is InChI=1S/C16H26N2OS/c1-13(17-20-3)15-8-6-14(7-9-15)11-18-10-4-5-16(12-18)19-2/h6-9,13,16-17H,4-5,10-12H2,1-3H3. The first-order valence-electron chi connectivity index (χ1n) is 7.35. The summed E-state index contributed by atoms with van der Waals surface area (Å²) in [4.78, 5) is 2.50. The zero-order chi connectivity index (χ0) is 14.4. The van der Waals surface area contributed by atoms with Gasteiger partial charge in [-0.25, -0.2) is 0 Å². The Morgan fingerprint density at radius 1 is 1.40 bits per heavy atom. The van der Waals surface area contributed by atoms with Crippen molar-refractivity contribution in [1.29, 1.82) is 0 Å². The molecular weight excluding hydrogens is 268 g/mol. The Kier molecular flexibility index (Phi) is 6.36. The minimum absolute atomic E-state index is 0.395. The fourth-order valence-corrected chi connectivity index (χ4v) is 3.25. The Hall–Kier alpha value is -0.550. The van der Waals surface area contributed by atoms with Crippen molar-refractivity contribution in [3.8, 4) is 0 Å². The summed E-state index contributed by atoms with van der Waals surface area (Å²) < 4.78 is 8.85. The highest BCUT2D eigenvalue weighted by atomic mass is 32.2. The number of benzene rings is 1. The molecule has 0 amide bonds. The highest BCUT2D eigenvalue weighted by Crippen LogP contribution is 2.18. The van der Waals surface area contributed by atoms with Crippen molar-refractivity contribution in [2.45, 2.75) is 38.5 Å². The van der Waals surface area contributed by atoms with Crippen LogP contribution in [0.3, 0.4) is 0 Å². The number of ether oxygens (including phenoxy) is 1. The van der Waals surface area contributed by atoms with E-state index in [1.165, 1.54) is 30.5 Å². The van der Waals surface area contributed by atoms with Gasteiger partial charge in [-0.3, -0.25) is 9.62 Å². The molecule has 0 aliphatic carbocycles. The first-order valence-corrected chi connectivity index (χ1v) is 8.58. The van der Waals surface area contributed by atoms with Crippen LogP contribution < -0.4 is 4.72 Å². The van der Waals surface area contributed by atoms with Gasteiger partial charge in [0.1, 0.15) is 0 Å². The molecule has 1 heterocycles. The van der Waals surface area contributed by atoms with Gasteiger partial charge in [0.25, 0.3) is 0 Å². The molecule has 3 nitrogen and oxygen atoms in total. The molecule has 2 atom stereocenters. The highest BCUT2D eigenvalue weighted by molar-refractivity contribution is 7.96. The van der Waals surface area contributed by atoms with Gasteiger partial charge in [0, 0.05) is 26.2 Å². The second-order valence-corrected chi connectivity index (χ2v) is 6.16. The van der Waals surface area contributed by atoms with E-state index in [2.05, 4.69) is 47.1 Å². The van der Waals surface area contributed by atoms with Crippen LogP contribution in [0, 0.1) is 0 Å². The fraction of sp³-hybridized carbons (Fsp3) is 0.625. The summed E-state index contributed by atoms with van der Waals surface area (Å²) in [6.45, 7) is 5.47. The monoisotopic (exact) mass is 294 g/mol. The number of nitrogens with one attached hydrogen (secondary N) is 1. The molecular formula is C16H26N2OS. The van der Waals surface area contributed by atoms with Crippen molar-refractivity contribution in [1.82, 2.24) is 9.62 Å². The summed E-state index contributed by atoms with van der Waals surface area (Å²) in [5, 5.41) is 0. The molecule has 0 radical (unpaired) electrons. The quantitative estimate of drug-likeness (QED) is 0.814. The molecule has 1 aromatic carbocycles. The minimum Gasteiger partial charge on any atom is -0.380 e. The Balaban J connectivity index is 1.90. The maximum absolute atomic E-state index is 5.48. The molecule has 1 fully saturated rings. The van der Waals surface area contributed by atoms with Crippen LogP contribution in [-0.4, -0.2) is 37.5 Å². The Bertz CT molecular complexity index is 396. The van der Waals surface area contributed by atoms with Gasteiger partial charge < -0.3 is 4.74 Å². The van der Waals surface area contributed by atoms with Crippen LogP contribution in [0.25, 0.3) is 0 Å². The predicted molar refractivity (Wildman–Crippen MR) is 86.8 cm³/mol. The normalized spacial score (nSPS) is 21.9. The average Bonchev–Trinajstić information content (AvgIpc) is 2.48. The third-order valence-electron chi connectivity index (χ3n) is 3.98. The summed E-state index contributed by atoms with van der Waals surface area (Å²) in [5.41, 5.74) is 2.73. The molecule has 2 rings (SSSR count). The van der Waals surface area contributed by atoms with Gasteiger partial charge in [-0.1, -0.05) is 36.2 Å². The van der Waals surface area contributed by atoms with Gasteiger partial charge >= 0.3 is 0 Å². The smallest absolute Gasteiger partial charge is 0.0698 e. The van der Waals surface area contributed by atoms with Gasteiger partial charge in [-0.2, -0.15) is 0 Å². The zero-order valence-corrected chi connectivity index (χ0v) is 13.6. The molecule has 1 aliphatic heterocycles. The lowest BCUT2D eigenvalue weighted by Gasteiger charge is -2.31. The number of hydrogen-bond acceptors (Lipinski definition) is 4. The third-order valence-corrected chi connectivity index (χ3v) is 4.57. The predicted octanol–water partition coefficient (Wildman–Crippen LogP) is 3.23. The van der Waals surface area contributed by atoms with Crippen LogP contribution in [0.4, 0.5) is 0 Å². The molecule has 20 heavy (non-hydrogen) atoms. The number of nitrogens with zero attached hydrogens (tertiary/aromatic N) is 1. The molecule has 0 bridgehead atoms. The summed E-state index contributed by atoms with van der Waals surface area (Å²) in [6, 6.07) is 9.38. The van der Waals surface area contributed by atoms with Crippen LogP contribution >= 0.6 is 11.9 Å². The van der Waals surface area contributed by atoms with E-state index in [0.717, 1.165) is 13.1 Å². The molecule has 1 N–H and O–H groups in total. The van der Waals surface area contributed by atoms with Crippen molar-refractivity contribution in [3.63, 3.8) is 0 Å². The van der Waals surface area contributed by atoms with Crippen LogP contribution in [-0.2, 0) is 11.3 Å². The van der Waals surface area contributed by atoms with Gasteiger partial charge in [0.15, 0.2) is 0 Å².